The zero-order valence-electron chi connectivity index (χ0n) is 36.5. The van der Waals surface area contributed by atoms with Crippen LogP contribution >= 0.6 is 11.8 Å². The van der Waals surface area contributed by atoms with E-state index in [0.29, 0.717) is 48.7 Å². The Morgan fingerprint density at radius 1 is 0.781 bits per heavy atom. The van der Waals surface area contributed by atoms with E-state index >= 15 is 0 Å². The zero-order chi connectivity index (χ0) is 44.8. The number of pyridine rings is 1. The third kappa shape index (κ3) is 12.0. The van der Waals surface area contributed by atoms with Gasteiger partial charge in [-0.25, -0.2) is 0 Å². The number of nitrogens with zero attached hydrogens (tertiary/aromatic N) is 5. The predicted molar refractivity (Wildman–Crippen MR) is 246 cm³/mol. The number of benzene rings is 2. The van der Waals surface area contributed by atoms with Gasteiger partial charge in [0.15, 0.2) is 0 Å². The highest BCUT2D eigenvalue weighted by Gasteiger charge is 2.45. The van der Waals surface area contributed by atoms with Crippen LogP contribution in [0.15, 0.2) is 78.0 Å². The van der Waals surface area contributed by atoms with Crippen molar-refractivity contribution in [1.82, 2.24) is 30.3 Å². The van der Waals surface area contributed by atoms with E-state index in [4.69, 9.17) is 0 Å². The number of piperidine rings is 2. The molecule has 4 aliphatic rings. The van der Waals surface area contributed by atoms with Crippen LogP contribution in [0.2, 0.25) is 0 Å². The topological polar surface area (TPSA) is 169 Å². The first-order valence-corrected chi connectivity index (χ1v) is 23.9. The van der Waals surface area contributed by atoms with E-state index in [1.165, 1.54) is 11.8 Å². The Morgan fingerprint density at radius 2 is 1.55 bits per heavy atom. The average molecular weight is 890 g/mol. The van der Waals surface area contributed by atoms with Crippen LogP contribution in [0.3, 0.4) is 0 Å². The molecule has 7 rings (SSSR count). The maximum atomic E-state index is 13.3. The molecule has 0 radical (unpaired) electrons. The molecular formula is C49H59N7O7S. The lowest BCUT2D eigenvalue weighted by Crippen LogP contribution is -2.54. The number of hydrogen-bond acceptors (Lipinski definition) is 10. The van der Waals surface area contributed by atoms with Gasteiger partial charge >= 0.3 is 0 Å². The van der Waals surface area contributed by atoms with Crippen LogP contribution < -0.4 is 15.5 Å². The lowest BCUT2D eigenvalue weighted by Gasteiger charge is -2.36. The quantitative estimate of drug-likeness (QED) is 0.0620. The molecule has 3 fully saturated rings. The van der Waals surface area contributed by atoms with Gasteiger partial charge in [0, 0.05) is 93.3 Å². The van der Waals surface area contributed by atoms with E-state index in [2.05, 4.69) is 20.5 Å². The second kappa shape index (κ2) is 22.7. The summed E-state index contributed by atoms with van der Waals surface area (Å²) >= 11 is 1.53. The Morgan fingerprint density at radius 3 is 2.30 bits per heavy atom. The summed E-state index contributed by atoms with van der Waals surface area (Å²) in [5, 5.41) is 5.19. The molecule has 2 aromatic carbocycles. The third-order valence-electron chi connectivity index (χ3n) is 12.7. The first-order valence-electron chi connectivity index (χ1n) is 22.9. The lowest BCUT2D eigenvalue weighted by molar-refractivity contribution is -0.136. The first-order chi connectivity index (χ1) is 31.2. The Labute approximate surface area is 379 Å². The normalized spacial score (nSPS) is 18.2. The van der Waals surface area contributed by atoms with Gasteiger partial charge in [0.1, 0.15) is 6.04 Å². The molecule has 1 unspecified atom stereocenters. The van der Waals surface area contributed by atoms with Gasteiger partial charge in [0.25, 0.3) is 17.7 Å². The summed E-state index contributed by atoms with van der Waals surface area (Å²) in [5.74, 6) is -0.441. The maximum absolute atomic E-state index is 13.3. The van der Waals surface area contributed by atoms with Crippen molar-refractivity contribution in [2.24, 2.45) is 5.92 Å². The third-order valence-corrected chi connectivity index (χ3v) is 13.8. The molecule has 7 amide bonds. The van der Waals surface area contributed by atoms with Crippen LogP contribution in [0.1, 0.15) is 120 Å². The number of piperazine rings is 1. The largest absolute Gasteiger partial charge is 0.368 e. The summed E-state index contributed by atoms with van der Waals surface area (Å²) in [4.78, 5) is 101. The second-order valence-corrected chi connectivity index (χ2v) is 18.2. The first kappa shape index (κ1) is 46.2. The molecule has 1 aromatic heterocycles. The summed E-state index contributed by atoms with van der Waals surface area (Å²) in [6.07, 6.45) is 17.3. The van der Waals surface area contributed by atoms with Gasteiger partial charge in [-0.05, 0) is 104 Å². The van der Waals surface area contributed by atoms with Crippen molar-refractivity contribution in [2.75, 3.05) is 56.5 Å². The fraction of sp³-hybridized carbons (Fsp3) is 0.469. The molecule has 0 saturated carbocycles. The van der Waals surface area contributed by atoms with Crippen LogP contribution in [0.25, 0.3) is 6.08 Å². The lowest BCUT2D eigenvalue weighted by atomic mass is 9.91. The number of carbonyl (C=O) groups excluding carboxylic acids is 7. The summed E-state index contributed by atoms with van der Waals surface area (Å²) < 4.78 is 0. The monoisotopic (exact) mass is 889 g/mol. The van der Waals surface area contributed by atoms with E-state index in [9.17, 15) is 33.6 Å². The number of hydrogen-bond donors (Lipinski definition) is 2. The molecule has 15 heteroatoms. The number of imide groups is 2. The Bertz CT molecular complexity index is 2180. The standard InChI is InChI=1S/C49H59N7O7S/c57-42(21-15-36-11-9-25-50-34-36)51-26-6-5-10-35-23-27-55(28-24-35)47(61)37-16-18-38(19-17-37)53-29-31-54(32-30-53)44(59)14-4-2-1-3-7-33-64-41-13-8-12-39-45(41)49(63)56(48(39)62)40-20-22-43(58)52-46(40)60/h8-9,11-13,15-19,21,25,34-35,40H,1-7,10,14,20,22-24,26-33H2,(H,51,57)(H,52,58,60)/b21-15+. The summed E-state index contributed by atoms with van der Waals surface area (Å²) in [5.41, 5.74) is 3.30. The number of amides is 7. The highest BCUT2D eigenvalue weighted by atomic mass is 32.2. The van der Waals surface area contributed by atoms with Crippen LogP contribution in [0.5, 0.6) is 0 Å². The molecular weight excluding hydrogens is 831 g/mol. The smallest absolute Gasteiger partial charge is 0.263 e. The van der Waals surface area contributed by atoms with Crippen LogP contribution in [-0.4, -0.2) is 119 Å². The number of aromatic nitrogens is 1. The number of nitrogens with one attached hydrogen (secondary N) is 2. The van der Waals surface area contributed by atoms with Gasteiger partial charge in [0.05, 0.1) is 11.1 Å². The Balaban J connectivity index is 0.722. The minimum atomic E-state index is -0.978. The fourth-order valence-corrected chi connectivity index (χ4v) is 10.0. The van der Waals surface area contributed by atoms with Gasteiger partial charge < -0.3 is 20.0 Å². The van der Waals surface area contributed by atoms with Gasteiger partial charge in [-0.2, -0.15) is 0 Å². The summed E-state index contributed by atoms with van der Waals surface area (Å²) in [6.45, 7) is 5.02. The van der Waals surface area contributed by atoms with Crippen molar-refractivity contribution in [3.63, 3.8) is 0 Å². The molecule has 64 heavy (non-hydrogen) atoms. The number of anilines is 1. The SMILES string of the molecule is O=C(/C=C/c1cccnc1)NCCCCC1CCN(C(=O)c2ccc(N3CCN(C(=O)CCCCCCCSc4cccc5c4C(=O)N(C4CCC(=O)NC4=O)C5=O)CC3)cc2)CC1. The van der Waals surface area contributed by atoms with Crippen LogP contribution in [-0.2, 0) is 19.2 Å². The molecule has 0 spiro atoms. The molecule has 4 aliphatic heterocycles. The predicted octanol–water partition coefficient (Wildman–Crippen LogP) is 6.12. The van der Waals surface area contributed by atoms with Gasteiger partial charge in [0.2, 0.25) is 23.6 Å². The van der Waals surface area contributed by atoms with Gasteiger partial charge in [-0.3, -0.25) is 48.8 Å². The minimum absolute atomic E-state index is 0.0782. The van der Waals surface area contributed by atoms with Crippen molar-refractivity contribution in [2.45, 2.75) is 94.4 Å². The Hall–Kier alpha value is -5.83. The number of carbonyl (C=O) groups is 7. The number of fused-ring (bicyclic) bond motifs is 1. The number of likely N-dealkylation sites (tertiary alicyclic amines) is 1. The van der Waals surface area contributed by atoms with Gasteiger partial charge in [-0.15, -0.1) is 11.8 Å². The van der Waals surface area contributed by atoms with E-state index in [0.717, 1.165) is 117 Å². The second-order valence-electron chi connectivity index (χ2n) is 17.0. The van der Waals surface area contributed by atoms with Crippen molar-refractivity contribution >= 4 is 64.9 Å². The fourth-order valence-electron chi connectivity index (χ4n) is 8.96. The molecule has 3 saturated heterocycles. The molecule has 0 aliphatic carbocycles. The average Bonchev–Trinajstić information content (AvgIpc) is 3.58. The van der Waals surface area contributed by atoms with Crippen molar-refractivity contribution in [3.05, 3.63) is 95.3 Å². The van der Waals surface area contributed by atoms with E-state index < -0.39 is 29.7 Å². The van der Waals surface area contributed by atoms with Gasteiger partial charge in [-0.1, -0.05) is 44.2 Å². The summed E-state index contributed by atoms with van der Waals surface area (Å²) in [6, 6.07) is 15.9. The molecule has 5 heterocycles. The van der Waals surface area contributed by atoms with E-state index in [1.54, 1.807) is 36.7 Å². The van der Waals surface area contributed by atoms with E-state index in [1.807, 2.05) is 52.3 Å². The molecule has 3 aromatic rings. The molecule has 338 valence electrons. The Kier molecular flexibility index (Phi) is 16.4. The van der Waals surface area contributed by atoms with E-state index in [-0.39, 0.29) is 30.6 Å². The van der Waals surface area contributed by atoms with Crippen molar-refractivity contribution < 1.29 is 33.6 Å². The molecule has 14 nitrogen and oxygen atoms in total. The zero-order valence-corrected chi connectivity index (χ0v) is 37.3. The highest BCUT2D eigenvalue weighted by molar-refractivity contribution is 7.99. The number of unbranched alkanes of at least 4 members (excludes halogenated alkanes) is 5. The van der Waals surface area contributed by atoms with Crippen LogP contribution in [0.4, 0.5) is 5.69 Å². The molecule has 1 atom stereocenters. The highest BCUT2D eigenvalue weighted by Crippen LogP contribution is 2.35. The molecule has 0 bridgehead atoms. The summed E-state index contributed by atoms with van der Waals surface area (Å²) in [7, 11) is 0. The molecule has 2 N–H and O–H groups in total. The minimum Gasteiger partial charge on any atom is -0.368 e. The van der Waals surface area contributed by atoms with Crippen LogP contribution in [0, 0.1) is 5.92 Å². The van der Waals surface area contributed by atoms with Crippen molar-refractivity contribution in [1.29, 1.82) is 0 Å². The number of rotatable bonds is 19. The van der Waals surface area contributed by atoms with Crippen molar-refractivity contribution in [3.8, 4) is 0 Å². The number of thioether (sulfide) groups is 1. The maximum Gasteiger partial charge on any atom is 0.263 e.